The van der Waals surface area contributed by atoms with E-state index in [0.29, 0.717) is 0 Å². The largest absolute Gasteiger partial charge is 0.0845 e. The molecular formula is C25H37. The molecule has 0 saturated heterocycles. The SMILES string of the molecule is [C]1=C/C=C\C=C/C=C\C=C/C=C\CCCCCCCCCCCCC\1. The van der Waals surface area contributed by atoms with Gasteiger partial charge in [0.2, 0.25) is 0 Å². The number of hydrogen-bond donors (Lipinski definition) is 0. The van der Waals surface area contributed by atoms with Crippen molar-refractivity contribution in [1.29, 1.82) is 0 Å². The molecule has 0 fully saturated rings. The van der Waals surface area contributed by atoms with Crippen LogP contribution in [-0.4, -0.2) is 0 Å². The van der Waals surface area contributed by atoms with Crippen LogP contribution < -0.4 is 0 Å². The lowest BCUT2D eigenvalue weighted by atomic mass is 10.0. The van der Waals surface area contributed by atoms with Crippen molar-refractivity contribution in [1.82, 2.24) is 0 Å². The van der Waals surface area contributed by atoms with Gasteiger partial charge >= 0.3 is 0 Å². The Bertz CT molecular complexity index is 401. The molecule has 0 aromatic carbocycles. The van der Waals surface area contributed by atoms with Gasteiger partial charge in [0.25, 0.3) is 0 Å². The minimum absolute atomic E-state index is 1.09. The maximum atomic E-state index is 3.36. The third-order valence-electron chi connectivity index (χ3n) is 4.43. The van der Waals surface area contributed by atoms with Crippen molar-refractivity contribution < 1.29 is 0 Å². The van der Waals surface area contributed by atoms with Crippen molar-refractivity contribution in [3.8, 4) is 0 Å². The van der Waals surface area contributed by atoms with Crippen molar-refractivity contribution in [2.24, 2.45) is 0 Å². The van der Waals surface area contributed by atoms with Crippen molar-refractivity contribution in [3.63, 3.8) is 0 Å². The lowest BCUT2D eigenvalue weighted by Gasteiger charge is -2.02. The molecule has 0 aliphatic heterocycles. The van der Waals surface area contributed by atoms with Gasteiger partial charge in [-0.1, -0.05) is 125 Å². The maximum Gasteiger partial charge on any atom is -0.0276 e. The van der Waals surface area contributed by atoms with E-state index in [1.54, 1.807) is 0 Å². The Labute approximate surface area is 156 Å². The smallest absolute Gasteiger partial charge is 0.0276 e. The monoisotopic (exact) mass is 337 g/mol. The highest BCUT2D eigenvalue weighted by atomic mass is 14.0. The van der Waals surface area contributed by atoms with Gasteiger partial charge in [-0.3, -0.25) is 0 Å². The molecule has 1 aliphatic rings. The van der Waals surface area contributed by atoms with Gasteiger partial charge in [-0.05, 0) is 31.8 Å². The second-order valence-corrected chi connectivity index (χ2v) is 6.77. The molecule has 0 aromatic heterocycles. The molecule has 0 unspecified atom stereocenters. The van der Waals surface area contributed by atoms with E-state index < -0.39 is 0 Å². The molecular weight excluding hydrogens is 300 g/mol. The molecule has 25 heavy (non-hydrogen) atoms. The van der Waals surface area contributed by atoms with Gasteiger partial charge in [-0.25, -0.2) is 0 Å². The lowest BCUT2D eigenvalue weighted by Crippen LogP contribution is -1.82. The zero-order valence-electron chi connectivity index (χ0n) is 16.0. The van der Waals surface area contributed by atoms with E-state index in [4.69, 9.17) is 0 Å². The standard InChI is InChI=1S/C25H37/c1-2-4-6-8-10-12-14-16-18-20-22-24-25-23-21-19-17-15-13-11-9-7-5-3-1/h1-11H,12,14-25H2/b2-1-,5-3-,6-4-,9-7-,10-8-,13-11?. The zero-order valence-corrected chi connectivity index (χ0v) is 16.0. The van der Waals surface area contributed by atoms with E-state index in [0.717, 1.165) is 6.42 Å². The van der Waals surface area contributed by atoms with Crippen LogP contribution in [0.25, 0.3) is 0 Å². The highest BCUT2D eigenvalue weighted by molar-refractivity contribution is 5.19. The van der Waals surface area contributed by atoms with Crippen molar-refractivity contribution in [2.45, 2.75) is 83.5 Å². The molecule has 0 saturated carbocycles. The molecule has 0 spiro atoms. The molecule has 0 aromatic rings. The van der Waals surface area contributed by atoms with Crippen molar-refractivity contribution >= 4 is 0 Å². The fraction of sp³-hybridized carbons (Fsp3) is 0.520. The highest BCUT2D eigenvalue weighted by Gasteiger charge is 1.93. The van der Waals surface area contributed by atoms with E-state index in [1.165, 1.54) is 77.0 Å². The average Bonchev–Trinajstić information content (AvgIpc) is 2.62. The molecule has 0 bridgehead atoms. The summed E-state index contributed by atoms with van der Waals surface area (Å²) < 4.78 is 0. The topological polar surface area (TPSA) is 0 Å². The Morgan fingerprint density at radius 1 is 0.400 bits per heavy atom. The summed E-state index contributed by atoms with van der Waals surface area (Å²) in [5, 5.41) is 0. The molecule has 0 N–H and O–H groups in total. The third kappa shape index (κ3) is 17.1. The van der Waals surface area contributed by atoms with Crippen LogP contribution >= 0.6 is 0 Å². The minimum atomic E-state index is 1.09. The number of rotatable bonds is 0. The van der Waals surface area contributed by atoms with Crippen LogP contribution in [0.15, 0.2) is 66.8 Å². The first-order valence-corrected chi connectivity index (χ1v) is 10.4. The van der Waals surface area contributed by atoms with Crippen LogP contribution in [-0.2, 0) is 0 Å². The molecule has 1 radical (unpaired) electrons. The molecule has 0 atom stereocenters. The van der Waals surface area contributed by atoms with Crippen LogP contribution in [0.2, 0.25) is 0 Å². The summed E-state index contributed by atoms with van der Waals surface area (Å²) in [6.45, 7) is 0. The Morgan fingerprint density at radius 2 is 0.840 bits per heavy atom. The summed E-state index contributed by atoms with van der Waals surface area (Å²) >= 11 is 0. The van der Waals surface area contributed by atoms with Gasteiger partial charge in [0, 0.05) is 0 Å². The van der Waals surface area contributed by atoms with Gasteiger partial charge in [0.05, 0.1) is 0 Å². The molecule has 137 valence electrons. The Balaban J connectivity index is 2.30. The van der Waals surface area contributed by atoms with Crippen LogP contribution in [0.1, 0.15) is 83.5 Å². The first-order chi connectivity index (χ1) is 12.5. The van der Waals surface area contributed by atoms with E-state index in [-0.39, 0.29) is 0 Å². The summed E-state index contributed by atoms with van der Waals surface area (Å²) in [7, 11) is 0. The van der Waals surface area contributed by atoms with Gasteiger partial charge in [0.15, 0.2) is 0 Å². The second-order valence-electron chi connectivity index (χ2n) is 6.77. The molecule has 0 heteroatoms. The van der Waals surface area contributed by atoms with Crippen molar-refractivity contribution in [3.05, 3.63) is 72.9 Å². The lowest BCUT2D eigenvalue weighted by molar-refractivity contribution is 0.547. The molecule has 1 rings (SSSR count). The van der Waals surface area contributed by atoms with Crippen molar-refractivity contribution in [2.75, 3.05) is 0 Å². The predicted octanol–water partition coefficient (Wildman–Crippen LogP) is 8.21. The van der Waals surface area contributed by atoms with E-state index in [9.17, 15) is 0 Å². The summed E-state index contributed by atoms with van der Waals surface area (Å²) in [4.78, 5) is 0. The Morgan fingerprint density at radius 3 is 1.44 bits per heavy atom. The average molecular weight is 338 g/mol. The highest BCUT2D eigenvalue weighted by Crippen LogP contribution is 2.12. The minimum Gasteiger partial charge on any atom is -0.0845 e. The molecule has 0 amide bonds. The van der Waals surface area contributed by atoms with Crippen LogP contribution in [0.4, 0.5) is 0 Å². The number of hydrogen-bond acceptors (Lipinski definition) is 0. The summed E-state index contributed by atoms with van der Waals surface area (Å²) in [5.41, 5.74) is 0. The predicted molar refractivity (Wildman–Crippen MR) is 114 cm³/mol. The molecule has 0 heterocycles. The Hall–Kier alpha value is -1.56. The summed E-state index contributed by atoms with van der Waals surface area (Å²) in [6.07, 6.45) is 44.0. The first kappa shape index (κ1) is 21.5. The van der Waals surface area contributed by atoms with E-state index in [1.807, 2.05) is 6.08 Å². The van der Waals surface area contributed by atoms with Crippen LogP contribution in [0.5, 0.6) is 0 Å². The van der Waals surface area contributed by atoms with E-state index in [2.05, 4.69) is 66.8 Å². The third-order valence-corrected chi connectivity index (χ3v) is 4.43. The molecule has 1 aliphatic carbocycles. The van der Waals surface area contributed by atoms with Gasteiger partial charge in [-0.2, -0.15) is 0 Å². The quantitative estimate of drug-likeness (QED) is 0.417. The first-order valence-electron chi connectivity index (χ1n) is 10.4. The number of allylic oxidation sites excluding steroid dienone is 12. The summed E-state index contributed by atoms with van der Waals surface area (Å²) in [6, 6.07) is 0. The van der Waals surface area contributed by atoms with Gasteiger partial charge in [-0.15, -0.1) is 0 Å². The van der Waals surface area contributed by atoms with E-state index >= 15 is 0 Å². The van der Waals surface area contributed by atoms with Crippen LogP contribution in [0.3, 0.4) is 0 Å². The fourth-order valence-corrected chi connectivity index (χ4v) is 2.91. The molecule has 0 nitrogen and oxygen atoms in total. The Kier molecular flexibility index (Phi) is 16.1. The normalized spacial score (nSPS) is 27.8. The van der Waals surface area contributed by atoms with Crippen LogP contribution in [0, 0.1) is 6.08 Å². The van der Waals surface area contributed by atoms with Gasteiger partial charge in [0.1, 0.15) is 0 Å². The van der Waals surface area contributed by atoms with Gasteiger partial charge < -0.3 is 0 Å². The second kappa shape index (κ2) is 18.8. The summed E-state index contributed by atoms with van der Waals surface area (Å²) in [5.74, 6) is 0. The zero-order chi connectivity index (χ0) is 17.7. The maximum absolute atomic E-state index is 3.36. The fourth-order valence-electron chi connectivity index (χ4n) is 2.91.